The number of carbonyl (C=O) groups excluding carboxylic acids is 4. The molecule has 0 aliphatic heterocycles. The first-order valence-electron chi connectivity index (χ1n) is 26.8. The van der Waals surface area contributed by atoms with Crippen LogP contribution in [0.4, 0.5) is 0 Å². The third kappa shape index (κ3) is 20.4. The lowest BCUT2D eigenvalue weighted by Crippen LogP contribution is -2.58. The number of unbranched alkanes of at least 4 members (excludes halogenated alkanes) is 14. The van der Waals surface area contributed by atoms with E-state index in [4.69, 9.17) is 18.9 Å². The molecule has 0 spiro atoms. The molecule has 380 valence electrons. The first kappa shape index (κ1) is 59.4. The van der Waals surface area contributed by atoms with E-state index in [0.29, 0.717) is 25.7 Å². The van der Waals surface area contributed by atoms with Gasteiger partial charge in [0.25, 0.3) is 0 Å². The van der Waals surface area contributed by atoms with E-state index in [-0.39, 0.29) is 38.5 Å². The number of nitrogens with one attached hydrogen (secondary N) is 1. The molecule has 10 nitrogen and oxygen atoms in total. The van der Waals surface area contributed by atoms with E-state index < -0.39 is 34.7 Å². The molecule has 2 saturated carbocycles. The lowest BCUT2D eigenvalue weighted by molar-refractivity contribution is -0.184. The van der Waals surface area contributed by atoms with Crippen molar-refractivity contribution in [1.82, 2.24) is 10.2 Å². The van der Waals surface area contributed by atoms with Gasteiger partial charge in [-0.05, 0) is 108 Å². The number of aryl methyl sites for hydroxylation is 2. The van der Waals surface area contributed by atoms with E-state index in [0.717, 1.165) is 25.9 Å². The van der Waals surface area contributed by atoms with Gasteiger partial charge in [-0.2, -0.15) is 0 Å². The van der Waals surface area contributed by atoms with Crippen molar-refractivity contribution in [3.8, 4) is 0 Å². The average molecular weight is 935 g/mol. The van der Waals surface area contributed by atoms with Crippen LogP contribution < -0.4 is 5.32 Å². The van der Waals surface area contributed by atoms with Crippen molar-refractivity contribution in [2.75, 3.05) is 33.5 Å². The molecule has 0 saturated heterocycles. The number of nitrogens with zero attached hydrogens (tertiary/aromatic N) is 1. The number of rotatable bonds is 32. The summed E-state index contributed by atoms with van der Waals surface area (Å²) in [6, 6.07) is 18.0. The van der Waals surface area contributed by atoms with Crippen LogP contribution >= 0.6 is 0 Å². The highest BCUT2D eigenvalue weighted by molar-refractivity contribution is 6.02. The zero-order chi connectivity index (χ0) is 49.3. The van der Waals surface area contributed by atoms with Crippen LogP contribution in [0.15, 0.2) is 48.5 Å². The van der Waals surface area contributed by atoms with Crippen LogP contribution in [-0.4, -0.2) is 74.3 Å². The van der Waals surface area contributed by atoms with Gasteiger partial charge < -0.3 is 24.3 Å². The lowest BCUT2D eigenvalue weighted by atomic mass is 9.64. The maximum absolute atomic E-state index is 12.5. The first-order valence-corrected chi connectivity index (χ1v) is 26.8. The summed E-state index contributed by atoms with van der Waals surface area (Å²) < 4.78 is 20.7. The Morgan fingerprint density at radius 2 is 0.791 bits per heavy atom. The second-order valence-corrected chi connectivity index (χ2v) is 18.6. The highest BCUT2D eigenvalue weighted by Gasteiger charge is 2.60. The smallest absolute Gasteiger partial charge is 0.323 e. The number of carbonyl (C=O) groups is 4. The monoisotopic (exact) mass is 935 g/mol. The van der Waals surface area contributed by atoms with Crippen LogP contribution in [0.1, 0.15) is 206 Å². The number of hydrogen-bond acceptors (Lipinski definition) is 10. The van der Waals surface area contributed by atoms with Gasteiger partial charge >= 0.3 is 23.9 Å². The van der Waals surface area contributed by atoms with E-state index in [1.54, 1.807) is 27.7 Å². The normalized spacial score (nSPS) is 14.9. The Morgan fingerprint density at radius 1 is 0.478 bits per heavy atom. The topological polar surface area (TPSA) is 120 Å². The average Bonchev–Trinajstić information content (AvgIpc) is 3.29. The fraction of sp³-hybridized carbons (Fsp3) is 0.719. The predicted molar refractivity (Wildman–Crippen MR) is 273 cm³/mol. The maximum Gasteiger partial charge on any atom is 0.323 e. The zero-order valence-corrected chi connectivity index (χ0v) is 43.8. The molecule has 1 N–H and O–H groups in total. The molecule has 2 aromatic carbocycles. The molecule has 0 radical (unpaired) electrons. The number of ether oxygens (including phenoxy) is 4. The Kier molecular flexibility index (Phi) is 30.6. The first-order chi connectivity index (χ1) is 32.5. The largest absolute Gasteiger partial charge is 0.465 e. The molecule has 0 unspecified atom stereocenters. The summed E-state index contributed by atoms with van der Waals surface area (Å²) in [5, 5.41) is 3.47. The van der Waals surface area contributed by atoms with Gasteiger partial charge in [-0.15, -0.1) is 0 Å². The van der Waals surface area contributed by atoms with E-state index in [2.05, 4.69) is 79.6 Å². The molecule has 0 bridgehead atoms. The Labute approximate surface area is 407 Å². The van der Waals surface area contributed by atoms with Crippen molar-refractivity contribution in [2.45, 2.75) is 222 Å². The molecule has 2 fully saturated rings. The van der Waals surface area contributed by atoms with Crippen LogP contribution in [0.5, 0.6) is 0 Å². The summed E-state index contributed by atoms with van der Waals surface area (Å²) >= 11 is 0. The molecule has 4 rings (SSSR count). The molecular weight excluding hydrogens is 841 g/mol. The standard InChI is InChI=1S/C28H45NO4.C27H43NO4.C2H6/c1-5-8-9-10-11-12-13-14-15-23-16-18-24(19-17-23)22-29(4)25-20-28(21-25,26(30)32-6-2)27(31)33-7-3;1-4-7-8-9-10-11-12-13-14-22-15-17-23(18-16-22)21-28-24-19-27(20-24,25(29)31-5-2)26(30)32-6-3;1-2/h16-19,25H,5-15,20-22H2,1-4H3;15-18,24,28H,4-14,19-21H2,1-3H3;1-2H3. The van der Waals surface area contributed by atoms with Crippen LogP contribution in [0.3, 0.4) is 0 Å². The van der Waals surface area contributed by atoms with Gasteiger partial charge in [-0.25, -0.2) is 0 Å². The second-order valence-electron chi connectivity index (χ2n) is 18.6. The SMILES string of the molecule is CC.CCCCCCCCCCc1ccc(CN(C)C2CC(C(=O)OCC)(C(=O)OCC)C2)cc1.CCCCCCCCCCc1ccc(CNC2CC(C(=O)OCC)(C(=O)OCC)C2)cc1. The summed E-state index contributed by atoms with van der Waals surface area (Å²) in [5.41, 5.74) is 3.00. The number of esters is 4. The minimum atomic E-state index is -1.14. The summed E-state index contributed by atoms with van der Waals surface area (Å²) in [6.07, 6.45) is 25.6. The van der Waals surface area contributed by atoms with E-state index in [1.807, 2.05) is 13.8 Å². The molecule has 0 aromatic heterocycles. The van der Waals surface area contributed by atoms with Crippen molar-refractivity contribution in [2.24, 2.45) is 10.8 Å². The highest BCUT2D eigenvalue weighted by Crippen LogP contribution is 2.46. The van der Waals surface area contributed by atoms with Crippen molar-refractivity contribution in [1.29, 1.82) is 0 Å². The van der Waals surface area contributed by atoms with Gasteiger partial charge in [0.1, 0.15) is 0 Å². The third-order valence-corrected chi connectivity index (χ3v) is 13.4. The minimum absolute atomic E-state index is 0.112. The Hall–Kier alpha value is -3.76. The number of hydrogen-bond donors (Lipinski definition) is 1. The summed E-state index contributed by atoms with van der Waals surface area (Å²) in [4.78, 5) is 51.9. The predicted octanol–water partition coefficient (Wildman–Crippen LogP) is 12.8. The van der Waals surface area contributed by atoms with Crippen molar-refractivity contribution in [3.63, 3.8) is 0 Å². The van der Waals surface area contributed by atoms with Crippen molar-refractivity contribution < 1.29 is 38.1 Å². The molecule has 0 atom stereocenters. The number of benzene rings is 2. The van der Waals surface area contributed by atoms with E-state index in [9.17, 15) is 19.2 Å². The third-order valence-electron chi connectivity index (χ3n) is 13.4. The van der Waals surface area contributed by atoms with Crippen LogP contribution in [0.2, 0.25) is 0 Å². The second kappa shape index (κ2) is 34.5. The molecule has 0 amide bonds. The molecule has 67 heavy (non-hydrogen) atoms. The van der Waals surface area contributed by atoms with Gasteiger partial charge in [0, 0.05) is 25.2 Å². The molecule has 2 aliphatic carbocycles. The van der Waals surface area contributed by atoms with Crippen molar-refractivity contribution >= 4 is 23.9 Å². The van der Waals surface area contributed by atoms with Gasteiger partial charge in [0.05, 0.1) is 26.4 Å². The van der Waals surface area contributed by atoms with E-state index in [1.165, 1.54) is 125 Å². The quantitative estimate of drug-likeness (QED) is 0.0328. The van der Waals surface area contributed by atoms with Gasteiger partial charge in [-0.3, -0.25) is 24.1 Å². The molecular formula is C57H94N2O8. The van der Waals surface area contributed by atoms with Crippen molar-refractivity contribution in [3.05, 3.63) is 70.8 Å². The Bertz CT molecular complexity index is 1590. The molecule has 0 heterocycles. The van der Waals surface area contributed by atoms with Gasteiger partial charge in [-0.1, -0.05) is 166 Å². The van der Waals surface area contributed by atoms with Crippen LogP contribution in [-0.2, 0) is 64.1 Å². The van der Waals surface area contributed by atoms with E-state index >= 15 is 0 Å². The Balaban J connectivity index is 0.000000444. The summed E-state index contributed by atoms with van der Waals surface area (Å²) in [6.45, 7) is 18.2. The van der Waals surface area contributed by atoms with Gasteiger partial charge in [0.2, 0.25) is 0 Å². The fourth-order valence-electron chi connectivity index (χ4n) is 9.13. The van der Waals surface area contributed by atoms with Crippen LogP contribution in [0.25, 0.3) is 0 Å². The minimum Gasteiger partial charge on any atom is -0.465 e. The van der Waals surface area contributed by atoms with Crippen LogP contribution in [0, 0.1) is 10.8 Å². The summed E-state index contributed by atoms with van der Waals surface area (Å²) in [7, 11) is 2.05. The fourth-order valence-corrected chi connectivity index (χ4v) is 9.13. The molecule has 2 aliphatic rings. The highest BCUT2D eigenvalue weighted by atomic mass is 16.6. The lowest BCUT2D eigenvalue weighted by Gasteiger charge is -2.46. The zero-order valence-electron chi connectivity index (χ0n) is 43.8. The maximum atomic E-state index is 12.5. The Morgan fingerprint density at radius 3 is 1.15 bits per heavy atom. The van der Waals surface area contributed by atoms with Gasteiger partial charge in [0.15, 0.2) is 10.8 Å². The summed E-state index contributed by atoms with van der Waals surface area (Å²) in [5.74, 6) is -1.81. The molecule has 10 heteroatoms. The molecule has 2 aromatic rings.